The lowest BCUT2D eigenvalue weighted by Gasteiger charge is -2.25. The minimum atomic E-state index is -4.68. The highest BCUT2D eigenvalue weighted by atomic mass is 35.5. The molecule has 0 fully saturated rings. The highest BCUT2D eigenvalue weighted by Gasteiger charge is 2.32. The standard InChI is InChI=1S/C24H16ClF4N3O3S/c25-20-9-4-16(24(27,28)29)12-21(20)31-23(33)14-32(18-7-5-17(26)6-8-18)36(34,35)22-3-1-2-15-13-30-11-10-19(15)22/h1-13H,14H2,(H,31,33). The lowest BCUT2D eigenvalue weighted by Crippen LogP contribution is -2.38. The third-order valence-electron chi connectivity index (χ3n) is 5.18. The van der Waals surface area contributed by atoms with Crippen LogP contribution in [-0.4, -0.2) is 25.9 Å². The van der Waals surface area contributed by atoms with Gasteiger partial charge in [0.15, 0.2) is 0 Å². The van der Waals surface area contributed by atoms with Crippen molar-refractivity contribution < 1.29 is 30.8 Å². The quantitative estimate of drug-likeness (QED) is 0.312. The normalized spacial score (nSPS) is 11.9. The number of hydrogen-bond acceptors (Lipinski definition) is 4. The number of sulfonamides is 1. The number of carbonyl (C=O) groups excluding carboxylic acids is 1. The lowest BCUT2D eigenvalue weighted by atomic mass is 10.2. The van der Waals surface area contributed by atoms with Gasteiger partial charge in [-0.1, -0.05) is 23.7 Å². The summed E-state index contributed by atoms with van der Waals surface area (Å²) in [4.78, 5) is 16.7. The van der Waals surface area contributed by atoms with E-state index in [1.807, 2.05) is 0 Å². The first kappa shape index (κ1) is 25.4. The second kappa shape index (κ2) is 9.75. The number of amides is 1. The summed E-state index contributed by atoms with van der Waals surface area (Å²) in [5.41, 5.74) is -1.42. The summed E-state index contributed by atoms with van der Waals surface area (Å²) >= 11 is 5.95. The van der Waals surface area contributed by atoms with Gasteiger partial charge in [-0.05, 0) is 54.6 Å². The van der Waals surface area contributed by atoms with Gasteiger partial charge in [0.2, 0.25) is 5.91 Å². The minimum absolute atomic E-state index is 0.0345. The number of halogens is 5. The average molecular weight is 538 g/mol. The molecule has 1 N–H and O–H groups in total. The van der Waals surface area contributed by atoms with Crippen LogP contribution in [0.15, 0.2) is 84.0 Å². The Balaban J connectivity index is 1.73. The van der Waals surface area contributed by atoms with E-state index in [2.05, 4.69) is 10.3 Å². The SMILES string of the molecule is O=C(CN(c1ccc(F)cc1)S(=O)(=O)c1cccc2cnccc12)Nc1cc(C(F)(F)F)ccc1Cl. The first-order valence-electron chi connectivity index (χ1n) is 10.2. The van der Waals surface area contributed by atoms with Crippen molar-refractivity contribution in [3.63, 3.8) is 0 Å². The fraction of sp³-hybridized carbons (Fsp3) is 0.0833. The molecule has 0 atom stereocenters. The maximum atomic E-state index is 13.7. The van der Waals surface area contributed by atoms with Crippen LogP contribution in [0.4, 0.5) is 28.9 Å². The van der Waals surface area contributed by atoms with E-state index in [1.54, 1.807) is 6.07 Å². The molecule has 0 radical (unpaired) electrons. The van der Waals surface area contributed by atoms with Gasteiger partial charge in [0.05, 0.1) is 26.9 Å². The van der Waals surface area contributed by atoms with Crippen LogP contribution in [0, 0.1) is 5.82 Å². The molecule has 0 unspecified atom stereocenters. The van der Waals surface area contributed by atoms with Crippen molar-refractivity contribution in [2.45, 2.75) is 11.1 Å². The Hall–Kier alpha value is -3.70. The Bertz CT molecular complexity index is 1540. The molecule has 36 heavy (non-hydrogen) atoms. The maximum absolute atomic E-state index is 13.7. The zero-order valence-electron chi connectivity index (χ0n) is 18.1. The summed E-state index contributed by atoms with van der Waals surface area (Å²) in [7, 11) is -4.41. The molecule has 0 aliphatic rings. The number of alkyl halides is 3. The van der Waals surface area contributed by atoms with Crippen molar-refractivity contribution in [3.8, 4) is 0 Å². The fourth-order valence-electron chi connectivity index (χ4n) is 3.48. The summed E-state index contributed by atoms with van der Waals surface area (Å²) in [5, 5.41) is 2.92. The number of rotatable bonds is 6. The molecule has 0 bridgehead atoms. The fourth-order valence-corrected chi connectivity index (χ4v) is 5.28. The number of carbonyl (C=O) groups is 1. The van der Waals surface area contributed by atoms with E-state index >= 15 is 0 Å². The maximum Gasteiger partial charge on any atom is 0.416 e. The molecule has 12 heteroatoms. The zero-order chi connectivity index (χ0) is 26.1. The smallest absolute Gasteiger partial charge is 0.323 e. The van der Waals surface area contributed by atoms with E-state index in [0.29, 0.717) is 16.8 Å². The van der Waals surface area contributed by atoms with E-state index in [0.717, 1.165) is 28.6 Å². The molecule has 0 saturated carbocycles. The van der Waals surface area contributed by atoms with E-state index in [9.17, 15) is 30.8 Å². The Kier molecular flexibility index (Phi) is 6.87. The van der Waals surface area contributed by atoms with Crippen molar-refractivity contribution >= 4 is 49.7 Å². The second-order valence-corrected chi connectivity index (χ2v) is 9.82. The molecule has 0 aliphatic heterocycles. The van der Waals surface area contributed by atoms with Crippen LogP contribution in [0.25, 0.3) is 10.8 Å². The number of aromatic nitrogens is 1. The molecular formula is C24H16ClF4N3O3S. The van der Waals surface area contributed by atoms with E-state index < -0.39 is 40.0 Å². The Morgan fingerprint density at radius 2 is 1.75 bits per heavy atom. The third kappa shape index (κ3) is 5.26. The van der Waals surface area contributed by atoms with Gasteiger partial charge in [0.1, 0.15) is 12.4 Å². The summed E-state index contributed by atoms with van der Waals surface area (Å²) < 4.78 is 81.0. The summed E-state index contributed by atoms with van der Waals surface area (Å²) in [6.07, 6.45) is -1.80. The number of hydrogen-bond donors (Lipinski definition) is 1. The van der Waals surface area contributed by atoms with Crippen LogP contribution in [0.2, 0.25) is 5.02 Å². The molecule has 3 aromatic carbocycles. The number of nitrogens with zero attached hydrogens (tertiary/aromatic N) is 2. The predicted molar refractivity (Wildman–Crippen MR) is 128 cm³/mol. The number of nitrogens with one attached hydrogen (secondary N) is 1. The number of benzene rings is 3. The van der Waals surface area contributed by atoms with Gasteiger partial charge in [-0.15, -0.1) is 0 Å². The van der Waals surface area contributed by atoms with Gasteiger partial charge < -0.3 is 5.32 Å². The highest BCUT2D eigenvalue weighted by Crippen LogP contribution is 2.34. The molecule has 0 saturated heterocycles. The number of fused-ring (bicyclic) bond motifs is 1. The minimum Gasteiger partial charge on any atom is -0.323 e. The first-order valence-corrected chi connectivity index (χ1v) is 12.1. The molecule has 4 rings (SSSR count). The molecule has 1 heterocycles. The Morgan fingerprint density at radius 3 is 2.44 bits per heavy atom. The summed E-state index contributed by atoms with van der Waals surface area (Å²) in [6, 6.07) is 12.8. The predicted octanol–water partition coefficient (Wildman–Crippen LogP) is 5.88. The molecule has 186 valence electrons. The van der Waals surface area contributed by atoms with Crippen molar-refractivity contribution in [1.82, 2.24) is 4.98 Å². The molecule has 1 aromatic heterocycles. The Morgan fingerprint density at radius 1 is 1.03 bits per heavy atom. The third-order valence-corrected chi connectivity index (χ3v) is 7.34. The van der Waals surface area contributed by atoms with Gasteiger partial charge in [0.25, 0.3) is 10.0 Å². The van der Waals surface area contributed by atoms with E-state index in [1.165, 1.54) is 42.7 Å². The van der Waals surface area contributed by atoms with Gasteiger partial charge in [0, 0.05) is 23.2 Å². The molecule has 6 nitrogen and oxygen atoms in total. The Labute approximate surface area is 208 Å². The topological polar surface area (TPSA) is 79.4 Å². The second-order valence-electron chi connectivity index (χ2n) is 7.58. The molecular weight excluding hydrogens is 522 g/mol. The number of pyridine rings is 1. The van der Waals surface area contributed by atoms with Crippen LogP contribution in [0.5, 0.6) is 0 Å². The van der Waals surface area contributed by atoms with Gasteiger partial charge in [-0.25, -0.2) is 12.8 Å². The van der Waals surface area contributed by atoms with Crippen LogP contribution in [-0.2, 0) is 21.0 Å². The lowest BCUT2D eigenvalue weighted by molar-refractivity contribution is -0.137. The highest BCUT2D eigenvalue weighted by molar-refractivity contribution is 7.93. The molecule has 1 amide bonds. The summed E-state index contributed by atoms with van der Waals surface area (Å²) in [5.74, 6) is -1.60. The summed E-state index contributed by atoms with van der Waals surface area (Å²) in [6.45, 7) is -0.831. The van der Waals surface area contributed by atoms with Crippen LogP contribution >= 0.6 is 11.6 Å². The van der Waals surface area contributed by atoms with Gasteiger partial charge in [-0.2, -0.15) is 13.2 Å². The van der Waals surface area contributed by atoms with E-state index in [4.69, 9.17) is 11.6 Å². The van der Waals surface area contributed by atoms with Crippen LogP contribution < -0.4 is 9.62 Å². The van der Waals surface area contributed by atoms with Gasteiger partial charge in [-0.3, -0.25) is 14.1 Å². The van der Waals surface area contributed by atoms with E-state index in [-0.39, 0.29) is 21.3 Å². The van der Waals surface area contributed by atoms with Crippen molar-refractivity contribution in [3.05, 3.63) is 95.5 Å². The van der Waals surface area contributed by atoms with Crippen molar-refractivity contribution in [2.75, 3.05) is 16.2 Å². The van der Waals surface area contributed by atoms with Crippen LogP contribution in [0.3, 0.4) is 0 Å². The number of anilines is 2. The largest absolute Gasteiger partial charge is 0.416 e. The van der Waals surface area contributed by atoms with Gasteiger partial charge >= 0.3 is 6.18 Å². The van der Waals surface area contributed by atoms with Crippen molar-refractivity contribution in [2.24, 2.45) is 0 Å². The van der Waals surface area contributed by atoms with Crippen LogP contribution in [0.1, 0.15) is 5.56 Å². The molecule has 0 spiro atoms. The average Bonchev–Trinajstić information content (AvgIpc) is 2.83. The first-order chi connectivity index (χ1) is 17.0. The van der Waals surface area contributed by atoms with Crippen molar-refractivity contribution in [1.29, 1.82) is 0 Å². The zero-order valence-corrected chi connectivity index (χ0v) is 19.7. The monoisotopic (exact) mass is 537 g/mol. The molecule has 4 aromatic rings. The molecule has 0 aliphatic carbocycles.